The van der Waals surface area contributed by atoms with E-state index in [-0.39, 0.29) is 11.8 Å². The summed E-state index contributed by atoms with van der Waals surface area (Å²) < 4.78 is 4.47. The van der Waals surface area contributed by atoms with Gasteiger partial charge in [0, 0.05) is 6.42 Å². The van der Waals surface area contributed by atoms with E-state index in [0.29, 0.717) is 18.3 Å². The predicted octanol–water partition coefficient (Wildman–Crippen LogP) is 5.14. The van der Waals surface area contributed by atoms with E-state index in [1.54, 1.807) is 0 Å². The number of allylic oxidation sites excluding steroid dienone is 4. The summed E-state index contributed by atoms with van der Waals surface area (Å²) in [6.07, 6.45) is 9.05. The molecule has 4 aliphatic carbocycles. The molecule has 7 heteroatoms. The number of hydrogen-bond acceptors (Lipinski definition) is 6. The third-order valence-electron chi connectivity index (χ3n) is 8.59. The first-order valence-electron chi connectivity index (χ1n) is 11.2. The maximum Gasteiger partial charge on any atom is 0.534 e. The van der Waals surface area contributed by atoms with Crippen molar-refractivity contribution >= 4 is 17.8 Å². The summed E-state index contributed by atoms with van der Waals surface area (Å²) in [4.78, 5) is 27.6. The number of fused-ring (bicyclic) bond motifs is 4. The molecule has 2 fully saturated rings. The van der Waals surface area contributed by atoms with Crippen molar-refractivity contribution in [2.45, 2.75) is 71.1 Å². The molecule has 2 saturated carbocycles. The molecule has 7 nitrogen and oxygen atoms in total. The summed E-state index contributed by atoms with van der Waals surface area (Å²) in [5.41, 5.74) is 4.51. The van der Waals surface area contributed by atoms with Crippen molar-refractivity contribution in [2.75, 3.05) is 7.11 Å². The lowest BCUT2D eigenvalue weighted by molar-refractivity contribution is -0.143. The van der Waals surface area contributed by atoms with E-state index in [2.05, 4.69) is 29.0 Å². The minimum absolute atomic E-state index is 0.0946. The third-order valence-corrected chi connectivity index (χ3v) is 8.59. The number of methoxy groups -OCH3 is 1. The van der Waals surface area contributed by atoms with Crippen LogP contribution in [0.5, 0.6) is 0 Å². The van der Waals surface area contributed by atoms with Crippen LogP contribution in [0.1, 0.15) is 71.1 Å². The number of rotatable bonds is 4. The fraction of sp³-hybridized carbons (Fsp3) is 0.667. The summed E-state index contributed by atoms with van der Waals surface area (Å²) in [5.74, 6) is 0.129. The fourth-order valence-electron chi connectivity index (χ4n) is 7.06. The zero-order valence-electron chi connectivity index (χ0n) is 18.3. The standard InChI is InChI=1S/C24H30N2O5/c1-23-9-7-18-17-6-4-16(26-31-22(29)30-2)13-15(17)3-5-19(18)20(23)8-10-24(23,11-12-25)14-21(27)28/h13,19-20H,3-11,14H2,1-2H3,(H,27,28)/b26-16+/t19-,20+,23+,24+/m1/s1. The molecule has 4 rings (SSSR count). The highest BCUT2D eigenvalue weighted by Crippen LogP contribution is 2.68. The number of carboxylic acids is 1. The smallest absolute Gasteiger partial charge is 0.481 e. The number of ether oxygens (including phenoxy) is 1. The van der Waals surface area contributed by atoms with Crippen molar-refractivity contribution in [3.05, 3.63) is 22.8 Å². The largest absolute Gasteiger partial charge is 0.534 e. The van der Waals surface area contributed by atoms with Gasteiger partial charge >= 0.3 is 12.1 Å². The van der Waals surface area contributed by atoms with Gasteiger partial charge in [0.1, 0.15) is 0 Å². The zero-order valence-corrected chi connectivity index (χ0v) is 18.3. The van der Waals surface area contributed by atoms with Crippen molar-refractivity contribution in [3.63, 3.8) is 0 Å². The maximum absolute atomic E-state index is 11.7. The van der Waals surface area contributed by atoms with Crippen molar-refractivity contribution < 1.29 is 24.3 Å². The Bertz CT molecular complexity index is 927. The Balaban J connectivity index is 1.61. The van der Waals surface area contributed by atoms with Gasteiger partial charge in [-0.2, -0.15) is 5.26 Å². The van der Waals surface area contributed by atoms with Crippen LogP contribution in [0.2, 0.25) is 0 Å². The van der Waals surface area contributed by atoms with E-state index in [0.717, 1.165) is 57.1 Å². The van der Waals surface area contributed by atoms with Gasteiger partial charge in [-0.05, 0) is 91.3 Å². The Hall–Kier alpha value is -2.62. The number of hydrogen-bond donors (Lipinski definition) is 1. The van der Waals surface area contributed by atoms with Gasteiger partial charge in [0.25, 0.3) is 0 Å². The van der Waals surface area contributed by atoms with Crippen LogP contribution in [0.15, 0.2) is 28.0 Å². The molecule has 0 aromatic heterocycles. The monoisotopic (exact) mass is 426 g/mol. The van der Waals surface area contributed by atoms with Crippen molar-refractivity contribution in [2.24, 2.45) is 27.8 Å². The summed E-state index contributed by atoms with van der Waals surface area (Å²) in [6.45, 7) is 2.26. The molecule has 0 radical (unpaired) electrons. The number of nitriles is 1. The molecule has 31 heavy (non-hydrogen) atoms. The minimum Gasteiger partial charge on any atom is -0.481 e. The van der Waals surface area contributed by atoms with Gasteiger partial charge in [-0.15, -0.1) is 0 Å². The second-order valence-electron chi connectivity index (χ2n) is 9.69. The van der Waals surface area contributed by atoms with Crippen LogP contribution < -0.4 is 0 Å². The van der Waals surface area contributed by atoms with E-state index in [1.165, 1.54) is 23.8 Å². The summed E-state index contributed by atoms with van der Waals surface area (Å²) in [7, 11) is 1.26. The summed E-state index contributed by atoms with van der Waals surface area (Å²) in [6, 6.07) is 2.32. The second kappa shape index (κ2) is 8.14. The van der Waals surface area contributed by atoms with Gasteiger partial charge in [-0.1, -0.05) is 17.7 Å². The Kier molecular flexibility index (Phi) is 5.67. The van der Waals surface area contributed by atoms with Crippen LogP contribution in [-0.4, -0.2) is 30.1 Å². The third kappa shape index (κ3) is 3.56. The number of oxime groups is 1. The molecule has 0 heterocycles. The predicted molar refractivity (Wildman–Crippen MR) is 113 cm³/mol. The average molecular weight is 427 g/mol. The zero-order chi connectivity index (χ0) is 22.2. The second-order valence-corrected chi connectivity index (χ2v) is 9.69. The van der Waals surface area contributed by atoms with E-state index >= 15 is 0 Å². The van der Waals surface area contributed by atoms with Crippen LogP contribution in [0.4, 0.5) is 4.79 Å². The highest BCUT2D eigenvalue weighted by Gasteiger charge is 2.61. The minimum atomic E-state index is -0.811. The number of carbonyl (C=O) groups excluding carboxylic acids is 1. The van der Waals surface area contributed by atoms with Gasteiger partial charge < -0.3 is 9.84 Å². The SMILES string of the molecule is COC(=O)O/N=C1/C=C2CC[C@@H]3C(=C2CC1)CC[C@@]1(C)[C@H]3CC[C@]1(CC#N)CC(=O)O. The molecule has 4 atom stereocenters. The van der Waals surface area contributed by atoms with Crippen molar-refractivity contribution in [1.82, 2.24) is 0 Å². The van der Waals surface area contributed by atoms with Crippen LogP contribution in [0, 0.1) is 34.0 Å². The van der Waals surface area contributed by atoms with E-state index in [1.807, 2.05) is 0 Å². The maximum atomic E-state index is 11.7. The molecule has 0 saturated heterocycles. The summed E-state index contributed by atoms with van der Waals surface area (Å²) >= 11 is 0. The Morgan fingerprint density at radius 1 is 1.26 bits per heavy atom. The van der Waals surface area contributed by atoms with Gasteiger partial charge in [0.15, 0.2) is 0 Å². The highest BCUT2D eigenvalue weighted by molar-refractivity contribution is 5.97. The number of carboxylic acid groups (broad SMARTS) is 1. The lowest BCUT2D eigenvalue weighted by atomic mass is 9.51. The molecule has 0 bridgehead atoms. The quantitative estimate of drug-likeness (QED) is 0.379. The van der Waals surface area contributed by atoms with E-state index < -0.39 is 17.5 Å². The molecule has 0 aromatic rings. The Labute approximate surface area is 182 Å². The van der Waals surface area contributed by atoms with Crippen LogP contribution in [-0.2, 0) is 14.4 Å². The first-order chi connectivity index (χ1) is 14.8. The average Bonchev–Trinajstić information content (AvgIpc) is 3.03. The molecular formula is C24H30N2O5. The molecule has 0 amide bonds. The molecule has 4 aliphatic rings. The summed E-state index contributed by atoms with van der Waals surface area (Å²) in [5, 5.41) is 23.0. The van der Waals surface area contributed by atoms with Crippen molar-refractivity contribution in [1.29, 1.82) is 5.26 Å². The van der Waals surface area contributed by atoms with E-state index in [4.69, 9.17) is 4.84 Å². The lowest BCUT2D eigenvalue weighted by Gasteiger charge is -2.53. The molecular weight excluding hydrogens is 396 g/mol. The van der Waals surface area contributed by atoms with Crippen LogP contribution >= 0.6 is 0 Å². The fourth-order valence-corrected chi connectivity index (χ4v) is 7.06. The Morgan fingerprint density at radius 2 is 2.06 bits per heavy atom. The van der Waals surface area contributed by atoms with Crippen molar-refractivity contribution in [3.8, 4) is 6.07 Å². The van der Waals surface area contributed by atoms with Gasteiger partial charge in [0.2, 0.25) is 0 Å². The van der Waals surface area contributed by atoms with Gasteiger partial charge in [-0.25, -0.2) is 4.79 Å². The highest BCUT2D eigenvalue weighted by atomic mass is 16.8. The topological polar surface area (TPSA) is 109 Å². The number of carbonyl (C=O) groups is 2. The first kappa shape index (κ1) is 21.6. The molecule has 0 aliphatic heterocycles. The molecule has 0 unspecified atom stereocenters. The number of aliphatic carboxylic acids is 1. The van der Waals surface area contributed by atoms with Gasteiger partial charge in [0.05, 0.1) is 25.3 Å². The molecule has 166 valence electrons. The van der Waals surface area contributed by atoms with E-state index in [9.17, 15) is 20.0 Å². The van der Waals surface area contributed by atoms with Gasteiger partial charge in [-0.3, -0.25) is 9.63 Å². The van der Waals surface area contributed by atoms with Crippen LogP contribution in [0.3, 0.4) is 0 Å². The number of nitrogens with zero attached hydrogens (tertiary/aromatic N) is 2. The Morgan fingerprint density at radius 3 is 2.77 bits per heavy atom. The molecule has 1 N–H and O–H groups in total. The normalized spacial score (nSPS) is 35.4. The van der Waals surface area contributed by atoms with Crippen LogP contribution in [0.25, 0.3) is 0 Å². The molecule has 0 spiro atoms. The molecule has 0 aromatic carbocycles. The lowest BCUT2D eigenvalue weighted by Crippen LogP contribution is -2.46. The first-order valence-corrected chi connectivity index (χ1v) is 11.2.